The van der Waals surface area contributed by atoms with Crippen molar-refractivity contribution in [1.82, 2.24) is 19.7 Å². The van der Waals surface area contributed by atoms with Gasteiger partial charge < -0.3 is 4.74 Å². The summed E-state index contributed by atoms with van der Waals surface area (Å²) in [6, 6.07) is 14.0. The fraction of sp³-hybridized carbons (Fsp3) is 0.300. The average Bonchev–Trinajstić information content (AvgIpc) is 3.13. The van der Waals surface area contributed by atoms with Crippen LogP contribution in [0.2, 0.25) is 0 Å². The molecule has 7 heteroatoms. The minimum Gasteiger partial charge on any atom is -0.494 e. The molecule has 0 bridgehead atoms. The van der Waals surface area contributed by atoms with Crippen LogP contribution in [0, 0.1) is 11.3 Å². The maximum atomic E-state index is 8.67. The summed E-state index contributed by atoms with van der Waals surface area (Å²) in [5, 5.41) is 18.3. The molecule has 0 unspecified atom stereocenters. The lowest BCUT2D eigenvalue weighted by Gasteiger charge is -2.11. The molecule has 138 valence electrons. The topological polar surface area (TPSA) is 76.6 Å². The Labute approximate surface area is 163 Å². The van der Waals surface area contributed by atoms with Crippen LogP contribution < -0.4 is 4.74 Å². The average molecular weight is 379 g/mol. The first-order valence-corrected chi connectivity index (χ1v) is 9.91. The molecule has 0 aliphatic rings. The van der Waals surface area contributed by atoms with Crippen molar-refractivity contribution in [2.24, 2.45) is 0 Å². The van der Waals surface area contributed by atoms with Gasteiger partial charge in [-0.05, 0) is 56.2 Å². The second-order valence-electron chi connectivity index (χ2n) is 5.77. The van der Waals surface area contributed by atoms with E-state index in [4.69, 9.17) is 10.00 Å². The first-order valence-electron chi connectivity index (χ1n) is 8.92. The highest BCUT2D eigenvalue weighted by atomic mass is 32.2. The van der Waals surface area contributed by atoms with Crippen LogP contribution in [0.1, 0.15) is 26.2 Å². The Balaban J connectivity index is 1.90. The molecule has 0 saturated carbocycles. The number of benzene rings is 1. The van der Waals surface area contributed by atoms with Gasteiger partial charge in [0, 0.05) is 35.8 Å². The minimum absolute atomic E-state index is 0.592. The Hall–Kier alpha value is -2.85. The summed E-state index contributed by atoms with van der Waals surface area (Å²) in [5.41, 5.74) is 1.94. The fourth-order valence-electron chi connectivity index (χ4n) is 2.61. The smallest absolute Gasteiger partial charge is 0.196 e. The molecule has 0 N–H and O–H groups in total. The quantitative estimate of drug-likeness (QED) is 0.402. The van der Waals surface area contributed by atoms with E-state index in [1.165, 1.54) is 0 Å². The second-order valence-corrected chi connectivity index (χ2v) is 6.83. The molecule has 1 aromatic carbocycles. The zero-order valence-electron chi connectivity index (χ0n) is 15.2. The van der Waals surface area contributed by atoms with Gasteiger partial charge in [-0.1, -0.05) is 11.8 Å². The van der Waals surface area contributed by atoms with Crippen molar-refractivity contribution in [2.75, 3.05) is 12.4 Å². The van der Waals surface area contributed by atoms with Crippen molar-refractivity contribution in [2.45, 2.75) is 31.3 Å². The van der Waals surface area contributed by atoms with Crippen molar-refractivity contribution < 1.29 is 4.74 Å². The number of thioether (sulfide) groups is 1. The highest BCUT2D eigenvalue weighted by Gasteiger charge is 2.16. The van der Waals surface area contributed by atoms with Gasteiger partial charge in [-0.15, -0.1) is 10.2 Å². The Morgan fingerprint density at radius 3 is 2.56 bits per heavy atom. The molecule has 2 aromatic heterocycles. The van der Waals surface area contributed by atoms with Gasteiger partial charge >= 0.3 is 0 Å². The van der Waals surface area contributed by atoms with Gasteiger partial charge in [0.2, 0.25) is 0 Å². The predicted octanol–water partition coefficient (Wildman–Crippen LogP) is 4.51. The van der Waals surface area contributed by atoms with Crippen LogP contribution >= 0.6 is 11.8 Å². The molecule has 0 saturated heterocycles. The third kappa shape index (κ3) is 4.86. The van der Waals surface area contributed by atoms with Gasteiger partial charge in [-0.3, -0.25) is 9.55 Å². The van der Waals surface area contributed by atoms with Crippen LogP contribution in [-0.4, -0.2) is 32.1 Å². The molecule has 0 fully saturated rings. The van der Waals surface area contributed by atoms with Crippen LogP contribution in [0.5, 0.6) is 5.75 Å². The SMILES string of the molecule is CCOc1ccc(-n2c(SCCCCC#N)nnc2-c2ccncc2)cc1. The van der Waals surface area contributed by atoms with Crippen LogP contribution in [0.3, 0.4) is 0 Å². The summed E-state index contributed by atoms with van der Waals surface area (Å²) in [5.74, 6) is 2.51. The summed E-state index contributed by atoms with van der Waals surface area (Å²) < 4.78 is 7.60. The molecule has 0 aliphatic heterocycles. The predicted molar refractivity (Wildman–Crippen MR) is 106 cm³/mol. The number of pyridine rings is 1. The van der Waals surface area contributed by atoms with Crippen molar-refractivity contribution in [3.63, 3.8) is 0 Å². The van der Waals surface area contributed by atoms with Gasteiger partial charge in [-0.2, -0.15) is 5.26 Å². The summed E-state index contributed by atoms with van der Waals surface area (Å²) in [7, 11) is 0. The lowest BCUT2D eigenvalue weighted by atomic mass is 10.2. The molecule has 27 heavy (non-hydrogen) atoms. The van der Waals surface area contributed by atoms with E-state index < -0.39 is 0 Å². The number of nitriles is 1. The Kier molecular flexibility index (Phi) is 6.83. The second kappa shape index (κ2) is 9.74. The third-order valence-electron chi connectivity index (χ3n) is 3.89. The van der Waals surface area contributed by atoms with E-state index >= 15 is 0 Å². The van der Waals surface area contributed by atoms with E-state index in [1.54, 1.807) is 24.2 Å². The molecule has 0 aliphatic carbocycles. The van der Waals surface area contributed by atoms with Crippen molar-refractivity contribution >= 4 is 11.8 Å². The summed E-state index contributed by atoms with van der Waals surface area (Å²) in [6.07, 6.45) is 5.97. The molecule has 6 nitrogen and oxygen atoms in total. The van der Waals surface area contributed by atoms with E-state index in [0.717, 1.165) is 46.6 Å². The van der Waals surface area contributed by atoms with E-state index in [9.17, 15) is 0 Å². The number of rotatable bonds is 9. The molecule has 0 atom stereocenters. The summed E-state index contributed by atoms with van der Waals surface area (Å²) in [6.45, 7) is 2.61. The minimum atomic E-state index is 0.592. The van der Waals surface area contributed by atoms with Gasteiger partial charge in [0.25, 0.3) is 0 Å². The number of unbranched alkanes of at least 4 members (excludes halogenated alkanes) is 2. The number of ether oxygens (including phenoxy) is 1. The van der Waals surface area contributed by atoms with Gasteiger partial charge in [0.15, 0.2) is 11.0 Å². The Morgan fingerprint density at radius 2 is 1.85 bits per heavy atom. The Morgan fingerprint density at radius 1 is 1.07 bits per heavy atom. The zero-order valence-corrected chi connectivity index (χ0v) is 16.0. The van der Waals surface area contributed by atoms with E-state index in [-0.39, 0.29) is 0 Å². The van der Waals surface area contributed by atoms with Crippen LogP contribution in [0.4, 0.5) is 0 Å². The van der Waals surface area contributed by atoms with E-state index in [2.05, 4.69) is 25.8 Å². The Bertz CT molecular complexity index is 887. The molecule has 0 amide bonds. The molecule has 3 rings (SSSR count). The zero-order chi connectivity index (χ0) is 18.9. The highest BCUT2D eigenvalue weighted by Crippen LogP contribution is 2.29. The standard InChI is InChI=1S/C20H21N5OS/c1-2-26-18-8-6-17(7-9-18)25-19(16-10-13-22-14-11-16)23-24-20(25)27-15-5-3-4-12-21/h6-11,13-14H,2-5,15H2,1H3. The van der Waals surface area contributed by atoms with Crippen LogP contribution in [0.25, 0.3) is 17.1 Å². The van der Waals surface area contributed by atoms with E-state index in [0.29, 0.717) is 13.0 Å². The fourth-order valence-corrected chi connectivity index (χ4v) is 3.56. The maximum absolute atomic E-state index is 8.67. The van der Waals surface area contributed by atoms with Crippen LogP contribution in [0.15, 0.2) is 53.9 Å². The third-order valence-corrected chi connectivity index (χ3v) is 4.91. The number of hydrogen-bond acceptors (Lipinski definition) is 6. The highest BCUT2D eigenvalue weighted by molar-refractivity contribution is 7.99. The van der Waals surface area contributed by atoms with Gasteiger partial charge in [0.05, 0.1) is 12.7 Å². The maximum Gasteiger partial charge on any atom is 0.196 e. The first-order chi connectivity index (χ1) is 13.3. The first kappa shape index (κ1) is 18.9. The normalized spacial score (nSPS) is 10.5. The summed E-state index contributed by atoms with van der Waals surface area (Å²) in [4.78, 5) is 4.08. The van der Waals surface area contributed by atoms with Crippen LogP contribution in [-0.2, 0) is 0 Å². The molecule has 3 aromatic rings. The molecule has 0 spiro atoms. The number of aromatic nitrogens is 4. The lowest BCUT2D eigenvalue weighted by molar-refractivity contribution is 0.340. The molecular weight excluding hydrogens is 358 g/mol. The van der Waals surface area contributed by atoms with Crippen molar-refractivity contribution in [1.29, 1.82) is 5.26 Å². The molecular formula is C20H21N5OS. The largest absolute Gasteiger partial charge is 0.494 e. The molecule has 0 radical (unpaired) electrons. The number of nitrogens with zero attached hydrogens (tertiary/aromatic N) is 5. The van der Waals surface area contributed by atoms with Crippen molar-refractivity contribution in [3.05, 3.63) is 48.8 Å². The van der Waals surface area contributed by atoms with Gasteiger partial charge in [0.1, 0.15) is 5.75 Å². The summed E-state index contributed by atoms with van der Waals surface area (Å²) >= 11 is 1.66. The molecule has 2 heterocycles. The van der Waals surface area contributed by atoms with Gasteiger partial charge in [-0.25, -0.2) is 0 Å². The van der Waals surface area contributed by atoms with Crippen molar-refractivity contribution in [3.8, 4) is 28.9 Å². The van der Waals surface area contributed by atoms with E-state index in [1.807, 2.05) is 43.3 Å². The monoisotopic (exact) mass is 379 g/mol. The number of hydrogen-bond donors (Lipinski definition) is 0. The lowest BCUT2D eigenvalue weighted by Crippen LogP contribution is -2.00.